The Labute approximate surface area is 194 Å². The number of carbonyl (C=O) groups is 1. The predicted molar refractivity (Wildman–Crippen MR) is 121 cm³/mol. The van der Waals surface area contributed by atoms with Gasteiger partial charge in [-0.1, -0.05) is 0 Å². The second kappa shape index (κ2) is 8.91. The number of benzene rings is 1. The van der Waals surface area contributed by atoms with E-state index >= 15 is 4.39 Å². The maximum atomic E-state index is 15.4. The number of hydrogen-bond acceptors (Lipinski definition) is 7. The summed E-state index contributed by atoms with van der Waals surface area (Å²) in [5.74, 6) is -2.41. The molecule has 0 atom stereocenters. The number of nitrogens with one attached hydrogen (secondary N) is 3. The number of aromatic nitrogens is 3. The van der Waals surface area contributed by atoms with Crippen LogP contribution in [0.2, 0.25) is 0 Å². The van der Waals surface area contributed by atoms with Gasteiger partial charge in [0.2, 0.25) is 15.8 Å². The molecule has 3 heterocycles. The van der Waals surface area contributed by atoms with Gasteiger partial charge >= 0.3 is 0 Å². The van der Waals surface area contributed by atoms with Crippen LogP contribution in [0, 0.1) is 17.6 Å². The van der Waals surface area contributed by atoms with Gasteiger partial charge < -0.3 is 15.0 Å². The van der Waals surface area contributed by atoms with Gasteiger partial charge in [0, 0.05) is 26.0 Å². The predicted octanol–water partition coefficient (Wildman–Crippen LogP) is 3.21. The summed E-state index contributed by atoms with van der Waals surface area (Å²) in [6, 6.07) is 1.84. The molecule has 0 amide bonds. The Hall–Kier alpha value is -3.12. The molecule has 1 aliphatic carbocycles. The first-order chi connectivity index (χ1) is 16.3. The van der Waals surface area contributed by atoms with Crippen LogP contribution in [0.15, 0.2) is 24.7 Å². The number of aromatic amines is 1. The smallest absolute Gasteiger partial charge is 0.235 e. The second-order valence-electron chi connectivity index (χ2n) is 8.54. The quantitative estimate of drug-likeness (QED) is 0.413. The third kappa shape index (κ3) is 4.34. The summed E-state index contributed by atoms with van der Waals surface area (Å²) in [5.41, 5.74) is -1.02. The molecule has 0 bridgehead atoms. The van der Waals surface area contributed by atoms with Crippen LogP contribution in [-0.2, 0) is 14.8 Å². The Morgan fingerprint density at radius 3 is 2.65 bits per heavy atom. The van der Waals surface area contributed by atoms with Crippen LogP contribution in [-0.4, -0.2) is 54.2 Å². The fourth-order valence-electron chi connectivity index (χ4n) is 4.04. The number of hydrogen-bond donors (Lipinski definition) is 3. The first kappa shape index (κ1) is 22.7. The van der Waals surface area contributed by atoms with Gasteiger partial charge in [0.25, 0.3) is 0 Å². The van der Waals surface area contributed by atoms with E-state index < -0.39 is 43.9 Å². The Kier molecular flexibility index (Phi) is 5.94. The molecule has 5 rings (SSSR count). The Balaban J connectivity index is 1.49. The van der Waals surface area contributed by atoms with Crippen molar-refractivity contribution in [2.24, 2.45) is 5.92 Å². The number of carbonyl (C=O) groups excluding carboxylic acids is 1. The second-order valence-corrected chi connectivity index (χ2v) is 10.5. The normalized spacial score (nSPS) is 17.1. The van der Waals surface area contributed by atoms with E-state index in [9.17, 15) is 17.6 Å². The zero-order valence-electron chi connectivity index (χ0n) is 18.1. The number of H-pyrrole nitrogens is 1. The molecule has 12 heteroatoms. The topological polar surface area (TPSA) is 126 Å². The maximum Gasteiger partial charge on any atom is 0.235 e. The van der Waals surface area contributed by atoms with Crippen molar-refractivity contribution < 1.29 is 26.7 Å². The van der Waals surface area contributed by atoms with Crippen molar-refractivity contribution in [2.45, 2.75) is 30.9 Å². The van der Waals surface area contributed by atoms with Gasteiger partial charge in [0.05, 0.1) is 27.5 Å². The average Bonchev–Trinajstić information content (AvgIpc) is 3.56. The number of halogens is 2. The van der Waals surface area contributed by atoms with Crippen molar-refractivity contribution in [3.63, 3.8) is 0 Å². The molecule has 3 aromatic rings. The van der Waals surface area contributed by atoms with Crippen molar-refractivity contribution in [2.75, 3.05) is 29.8 Å². The van der Waals surface area contributed by atoms with E-state index in [4.69, 9.17) is 4.74 Å². The van der Waals surface area contributed by atoms with E-state index in [1.807, 2.05) is 0 Å². The van der Waals surface area contributed by atoms with Gasteiger partial charge in [-0.2, -0.15) is 0 Å². The third-order valence-electron chi connectivity index (χ3n) is 6.15. The van der Waals surface area contributed by atoms with Gasteiger partial charge in [0.1, 0.15) is 23.6 Å². The lowest BCUT2D eigenvalue weighted by Crippen LogP contribution is -2.33. The van der Waals surface area contributed by atoms with Gasteiger partial charge in [0.15, 0.2) is 5.82 Å². The SMILES string of the molecule is O=C(c1c(F)ccc(NS(=O)(=O)C2CCOCC2)c1F)c1c[nH]c2ncnc(NCC3CC3)c12. The molecule has 9 nitrogen and oxygen atoms in total. The molecular formula is C22H23F2N5O4S. The summed E-state index contributed by atoms with van der Waals surface area (Å²) in [6.07, 6.45) is 5.38. The van der Waals surface area contributed by atoms with E-state index in [-0.39, 0.29) is 31.6 Å². The van der Waals surface area contributed by atoms with E-state index in [1.165, 1.54) is 12.5 Å². The minimum Gasteiger partial charge on any atom is -0.381 e. The zero-order valence-corrected chi connectivity index (χ0v) is 18.9. The third-order valence-corrected chi connectivity index (χ3v) is 8.00. The van der Waals surface area contributed by atoms with E-state index in [1.54, 1.807) is 0 Å². The van der Waals surface area contributed by atoms with Crippen molar-refractivity contribution in [1.82, 2.24) is 15.0 Å². The Bertz CT molecular complexity index is 1350. The molecule has 1 aliphatic heterocycles. The van der Waals surface area contributed by atoms with Gasteiger partial charge in [-0.15, -0.1) is 0 Å². The largest absolute Gasteiger partial charge is 0.381 e. The zero-order chi connectivity index (χ0) is 23.9. The van der Waals surface area contributed by atoms with Crippen LogP contribution in [0.25, 0.3) is 11.0 Å². The van der Waals surface area contributed by atoms with Crippen molar-refractivity contribution in [3.8, 4) is 0 Å². The molecule has 0 radical (unpaired) electrons. The number of rotatable bonds is 8. The van der Waals surface area contributed by atoms with E-state index in [0.29, 0.717) is 29.3 Å². The summed E-state index contributed by atoms with van der Waals surface area (Å²) >= 11 is 0. The van der Waals surface area contributed by atoms with Crippen LogP contribution in [0.4, 0.5) is 20.3 Å². The highest BCUT2D eigenvalue weighted by Crippen LogP contribution is 2.32. The molecule has 1 aromatic carbocycles. The fraction of sp³-hybridized carbons (Fsp3) is 0.409. The summed E-state index contributed by atoms with van der Waals surface area (Å²) < 4.78 is 62.9. The number of anilines is 2. The highest BCUT2D eigenvalue weighted by molar-refractivity contribution is 7.93. The first-order valence-electron chi connectivity index (χ1n) is 11.0. The highest BCUT2D eigenvalue weighted by Gasteiger charge is 2.31. The number of nitrogens with zero attached hydrogens (tertiary/aromatic N) is 2. The Morgan fingerprint density at radius 1 is 1.15 bits per heavy atom. The molecule has 180 valence electrons. The molecule has 2 aromatic heterocycles. The number of ketones is 1. The molecule has 2 aliphatic rings. The fourth-order valence-corrected chi connectivity index (χ4v) is 5.48. The van der Waals surface area contributed by atoms with Crippen molar-refractivity contribution in [3.05, 3.63) is 47.4 Å². The minimum absolute atomic E-state index is 0.0175. The van der Waals surface area contributed by atoms with Crippen molar-refractivity contribution in [1.29, 1.82) is 0 Å². The van der Waals surface area contributed by atoms with Crippen LogP contribution in [0.1, 0.15) is 41.6 Å². The van der Waals surface area contributed by atoms with E-state index in [2.05, 4.69) is 25.0 Å². The minimum atomic E-state index is -3.96. The Morgan fingerprint density at radius 2 is 1.91 bits per heavy atom. The van der Waals surface area contributed by atoms with Gasteiger partial charge in [-0.25, -0.2) is 27.2 Å². The van der Waals surface area contributed by atoms with E-state index in [0.717, 1.165) is 25.0 Å². The molecule has 34 heavy (non-hydrogen) atoms. The van der Waals surface area contributed by atoms with Crippen LogP contribution < -0.4 is 10.0 Å². The lowest BCUT2D eigenvalue weighted by atomic mass is 10.0. The summed E-state index contributed by atoms with van der Waals surface area (Å²) in [4.78, 5) is 24.4. The number of fused-ring (bicyclic) bond motifs is 1. The molecular weight excluding hydrogens is 468 g/mol. The summed E-state index contributed by atoms with van der Waals surface area (Å²) in [7, 11) is -3.96. The lowest BCUT2D eigenvalue weighted by Gasteiger charge is -2.23. The van der Waals surface area contributed by atoms with Gasteiger partial charge in [-0.05, 0) is 43.7 Å². The number of sulfonamides is 1. The maximum absolute atomic E-state index is 15.4. The molecule has 1 saturated carbocycles. The van der Waals surface area contributed by atoms with Crippen LogP contribution >= 0.6 is 0 Å². The monoisotopic (exact) mass is 491 g/mol. The van der Waals surface area contributed by atoms with Crippen LogP contribution in [0.3, 0.4) is 0 Å². The first-order valence-corrected chi connectivity index (χ1v) is 12.6. The lowest BCUT2D eigenvalue weighted by molar-refractivity contribution is 0.0984. The summed E-state index contributed by atoms with van der Waals surface area (Å²) in [5, 5.41) is 2.73. The molecule has 3 N–H and O–H groups in total. The molecule has 1 saturated heterocycles. The highest BCUT2D eigenvalue weighted by atomic mass is 32.2. The van der Waals surface area contributed by atoms with Gasteiger partial charge in [-0.3, -0.25) is 9.52 Å². The standard InChI is InChI=1S/C22H23F2N5O4S/c23-15-3-4-16(29-34(31,32)13-5-7-33-8-6-13)19(24)18(15)20(30)14-10-26-22-17(14)21(27-11-28-22)25-9-12-1-2-12/h3-4,10-13,29H,1-2,5-9H2,(H2,25,26,27,28). The molecule has 0 spiro atoms. The van der Waals surface area contributed by atoms with Crippen LogP contribution in [0.5, 0.6) is 0 Å². The summed E-state index contributed by atoms with van der Waals surface area (Å²) in [6.45, 7) is 1.22. The average molecular weight is 492 g/mol. The van der Waals surface area contributed by atoms with Crippen molar-refractivity contribution >= 4 is 38.3 Å². The molecule has 0 unspecified atom stereocenters. The number of ether oxygens (including phenoxy) is 1. The molecule has 2 fully saturated rings.